The van der Waals surface area contributed by atoms with Crippen molar-refractivity contribution >= 4 is 17.4 Å². The van der Waals surface area contributed by atoms with E-state index in [2.05, 4.69) is 15.5 Å². The summed E-state index contributed by atoms with van der Waals surface area (Å²) in [6, 6.07) is 13.2. The van der Waals surface area contributed by atoms with E-state index in [4.69, 9.17) is 0 Å². The first-order valence-corrected chi connectivity index (χ1v) is 7.84. The molecule has 1 aliphatic rings. The van der Waals surface area contributed by atoms with Gasteiger partial charge in [0.15, 0.2) is 0 Å². The van der Waals surface area contributed by atoms with Crippen LogP contribution in [0.15, 0.2) is 48.5 Å². The molecule has 3 rings (SSSR count). The van der Waals surface area contributed by atoms with Gasteiger partial charge in [0, 0.05) is 17.9 Å². The van der Waals surface area contributed by atoms with Gasteiger partial charge in [-0.1, -0.05) is 12.1 Å². The Morgan fingerprint density at radius 2 is 1.43 bits per heavy atom. The van der Waals surface area contributed by atoms with Gasteiger partial charge in [0.2, 0.25) is 0 Å². The topological polar surface area (TPSA) is 44.4 Å². The van der Waals surface area contributed by atoms with Crippen LogP contribution in [0.25, 0.3) is 0 Å². The summed E-state index contributed by atoms with van der Waals surface area (Å²) in [5, 5.41) is 5.43. The molecular weight excluding hydrogens is 293 g/mol. The Labute approximate surface area is 135 Å². The smallest absolute Gasteiger partial charge is 0.308 e. The standard InChI is InChI=1S/C18H20FN3O/c19-15-5-9-17(10-6-15)21-18(23)20-16-7-3-14(4-8-16)13-22-11-1-2-12-22/h3-10H,1-2,11-13H2,(H2,20,21,23). The molecule has 2 aromatic carbocycles. The Bertz CT molecular complexity index is 649. The van der Waals surface area contributed by atoms with Crippen LogP contribution < -0.4 is 10.6 Å². The molecule has 0 atom stereocenters. The number of likely N-dealkylation sites (tertiary alicyclic amines) is 1. The van der Waals surface area contributed by atoms with Crippen molar-refractivity contribution in [2.24, 2.45) is 0 Å². The third-order valence-electron chi connectivity index (χ3n) is 3.92. The number of nitrogens with zero attached hydrogens (tertiary/aromatic N) is 1. The third kappa shape index (κ3) is 4.53. The quantitative estimate of drug-likeness (QED) is 0.894. The summed E-state index contributed by atoms with van der Waals surface area (Å²) in [7, 11) is 0. The maximum atomic E-state index is 12.8. The molecule has 5 heteroatoms. The zero-order valence-electron chi connectivity index (χ0n) is 12.9. The third-order valence-corrected chi connectivity index (χ3v) is 3.92. The molecule has 1 aliphatic heterocycles. The Morgan fingerprint density at radius 1 is 0.913 bits per heavy atom. The number of carbonyl (C=O) groups is 1. The maximum absolute atomic E-state index is 12.8. The number of rotatable bonds is 4. The SMILES string of the molecule is O=C(Nc1ccc(F)cc1)Nc1ccc(CN2CCCC2)cc1. The van der Waals surface area contributed by atoms with Crippen molar-refractivity contribution in [2.75, 3.05) is 23.7 Å². The van der Waals surface area contributed by atoms with Gasteiger partial charge in [0.25, 0.3) is 0 Å². The Morgan fingerprint density at radius 3 is 2.00 bits per heavy atom. The minimum Gasteiger partial charge on any atom is -0.308 e. The second kappa shape index (κ2) is 7.24. The Balaban J connectivity index is 1.52. The summed E-state index contributed by atoms with van der Waals surface area (Å²) in [6.07, 6.45) is 2.56. The molecule has 0 unspecified atom stereocenters. The number of benzene rings is 2. The Kier molecular flexibility index (Phi) is 4.88. The van der Waals surface area contributed by atoms with Crippen LogP contribution in [0.2, 0.25) is 0 Å². The highest BCUT2D eigenvalue weighted by Gasteiger charge is 2.11. The van der Waals surface area contributed by atoms with Crippen LogP contribution in [0, 0.1) is 5.82 Å². The minimum absolute atomic E-state index is 0.329. The highest BCUT2D eigenvalue weighted by atomic mass is 19.1. The second-order valence-electron chi connectivity index (χ2n) is 5.77. The number of hydrogen-bond donors (Lipinski definition) is 2. The van der Waals surface area contributed by atoms with Gasteiger partial charge < -0.3 is 10.6 Å². The van der Waals surface area contributed by atoms with Crippen LogP contribution in [0.4, 0.5) is 20.6 Å². The molecule has 0 spiro atoms. The molecule has 4 nitrogen and oxygen atoms in total. The molecule has 2 aromatic rings. The van der Waals surface area contributed by atoms with Crippen LogP contribution in [0.3, 0.4) is 0 Å². The van der Waals surface area contributed by atoms with Crippen molar-refractivity contribution in [3.63, 3.8) is 0 Å². The van der Waals surface area contributed by atoms with Crippen molar-refractivity contribution in [2.45, 2.75) is 19.4 Å². The van der Waals surface area contributed by atoms with Crippen LogP contribution in [-0.2, 0) is 6.54 Å². The van der Waals surface area contributed by atoms with E-state index < -0.39 is 0 Å². The molecule has 120 valence electrons. The van der Waals surface area contributed by atoms with E-state index in [9.17, 15) is 9.18 Å². The first-order valence-electron chi connectivity index (χ1n) is 7.84. The molecule has 23 heavy (non-hydrogen) atoms. The van der Waals surface area contributed by atoms with E-state index in [1.807, 2.05) is 24.3 Å². The Hall–Kier alpha value is -2.40. The second-order valence-corrected chi connectivity index (χ2v) is 5.77. The highest BCUT2D eigenvalue weighted by molar-refractivity contribution is 5.99. The molecule has 0 aromatic heterocycles. The summed E-state index contributed by atoms with van der Waals surface area (Å²) in [6.45, 7) is 3.29. The van der Waals surface area contributed by atoms with Crippen molar-refractivity contribution in [3.05, 3.63) is 59.9 Å². The molecule has 1 saturated heterocycles. The lowest BCUT2D eigenvalue weighted by molar-refractivity contribution is 0.262. The van der Waals surface area contributed by atoms with Gasteiger partial charge in [-0.05, 0) is 67.9 Å². The number of halogens is 1. The zero-order valence-corrected chi connectivity index (χ0v) is 12.9. The van der Waals surface area contributed by atoms with Crippen LogP contribution in [0.1, 0.15) is 18.4 Å². The van der Waals surface area contributed by atoms with Gasteiger partial charge in [-0.3, -0.25) is 4.90 Å². The van der Waals surface area contributed by atoms with Gasteiger partial charge in [-0.15, -0.1) is 0 Å². The maximum Gasteiger partial charge on any atom is 0.323 e. The van der Waals surface area contributed by atoms with Gasteiger partial charge in [0.05, 0.1) is 0 Å². The number of nitrogens with one attached hydrogen (secondary N) is 2. The fraction of sp³-hybridized carbons (Fsp3) is 0.278. The summed E-state index contributed by atoms with van der Waals surface area (Å²) < 4.78 is 12.8. The van der Waals surface area contributed by atoms with Crippen molar-refractivity contribution in [1.29, 1.82) is 0 Å². The predicted octanol–water partition coefficient (Wildman–Crippen LogP) is 4.07. The molecular formula is C18H20FN3O. The average Bonchev–Trinajstić information content (AvgIpc) is 3.04. The first-order chi connectivity index (χ1) is 11.2. The summed E-state index contributed by atoms with van der Waals surface area (Å²) in [5.74, 6) is -0.329. The van der Waals surface area contributed by atoms with Crippen molar-refractivity contribution in [1.82, 2.24) is 4.90 Å². The van der Waals surface area contributed by atoms with Gasteiger partial charge >= 0.3 is 6.03 Å². The molecule has 1 fully saturated rings. The first kappa shape index (κ1) is 15.5. The monoisotopic (exact) mass is 313 g/mol. The number of hydrogen-bond acceptors (Lipinski definition) is 2. The molecule has 0 bridgehead atoms. The molecule has 2 N–H and O–H groups in total. The fourth-order valence-corrected chi connectivity index (χ4v) is 2.72. The predicted molar refractivity (Wildman–Crippen MR) is 90.0 cm³/mol. The number of carbonyl (C=O) groups excluding carboxylic acids is 1. The molecule has 1 heterocycles. The van der Waals surface area contributed by atoms with Crippen LogP contribution in [-0.4, -0.2) is 24.0 Å². The highest BCUT2D eigenvalue weighted by Crippen LogP contribution is 2.16. The lowest BCUT2D eigenvalue weighted by Gasteiger charge is -2.15. The fourth-order valence-electron chi connectivity index (χ4n) is 2.72. The minimum atomic E-state index is -0.344. The summed E-state index contributed by atoms with van der Waals surface area (Å²) >= 11 is 0. The lowest BCUT2D eigenvalue weighted by Crippen LogP contribution is -2.20. The average molecular weight is 313 g/mol. The molecule has 0 radical (unpaired) electrons. The number of urea groups is 1. The van der Waals surface area contributed by atoms with Crippen molar-refractivity contribution < 1.29 is 9.18 Å². The van der Waals surface area contributed by atoms with E-state index >= 15 is 0 Å². The molecule has 2 amide bonds. The number of anilines is 2. The number of amides is 2. The van der Waals surface area contributed by atoms with Gasteiger partial charge in [-0.2, -0.15) is 0 Å². The largest absolute Gasteiger partial charge is 0.323 e. The molecule has 0 saturated carbocycles. The lowest BCUT2D eigenvalue weighted by atomic mass is 10.2. The van der Waals surface area contributed by atoms with E-state index in [-0.39, 0.29) is 11.8 Å². The van der Waals surface area contributed by atoms with Crippen molar-refractivity contribution in [3.8, 4) is 0 Å². The normalized spacial score (nSPS) is 14.7. The van der Waals surface area contributed by atoms with E-state index in [1.165, 1.54) is 55.8 Å². The van der Waals surface area contributed by atoms with E-state index in [0.29, 0.717) is 5.69 Å². The van der Waals surface area contributed by atoms with Gasteiger partial charge in [-0.25, -0.2) is 9.18 Å². The van der Waals surface area contributed by atoms with E-state index in [1.54, 1.807) is 0 Å². The van der Waals surface area contributed by atoms with E-state index in [0.717, 1.165) is 12.2 Å². The van der Waals surface area contributed by atoms with Crippen LogP contribution >= 0.6 is 0 Å². The molecule has 0 aliphatic carbocycles. The summed E-state index contributed by atoms with van der Waals surface area (Å²) in [5.41, 5.74) is 2.53. The van der Waals surface area contributed by atoms with Crippen LogP contribution in [0.5, 0.6) is 0 Å². The summed E-state index contributed by atoms with van der Waals surface area (Å²) in [4.78, 5) is 14.3. The van der Waals surface area contributed by atoms with Gasteiger partial charge in [0.1, 0.15) is 5.82 Å². The zero-order chi connectivity index (χ0) is 16.1.